The van der Waals surface area contributed by atoms with Crippen LogP contribution in [0.5, 0.6) is 0 Å². The summed E-state index contributed by atoms with van der Waals surface area (Å²) in [7, 11) is 0. The van der Waals surface area contributed by atoms with E-state index in [9.17, 15) is 28.3 Å². The molecule has 0 bridgehead atoms. The highest BCUT2D eigenvalue weighted by Gasteiger charge is 2.58. The number of carbonyl (C=O) groups excluding carboxylic acids is 1. The smallest absolute Gasteiger partial charge is 0.341 e. The molecule has 277 valence electrons. The van der Waals surface area contributed by atoms with Crippen molar-refractivity contribution in [2.75, 3.05) is 18.0 Å². The molecule has 11 heteroatoms. The number of hydrogen-bond acceptors (Lipinski definition) is 5. The van der Waals surface area contributed by atoms with Gasteiger partial charge in [0.2, 0.25) is 11.3 Å². The Morgan fingerprint density at radius 2 is 1.51 bits per heavy atom. The minimum absolute atomic E-state index is 0.00124. The van der Waals surface area contributed by atoms with Gasteiger partial charge < -0.3 is 15.3 Å². The van der Waals surface area contributed by atoms with Crippen LogP contribution in [0.4, 0.5) is 19.0 Å². The van der Waals surface area contributed by atoms with Crippen molar-refractivity contribution in [3.63, 3.8) is 0 Å². The number of unbranched alkanes of at least 4 members (excludes halogenated alkanes) is 14. The molecule has 1 aromatic carbocycles. The number of carboxylic acid groups (broad SMARTS) is 1. The van der Waals surface area contributed by atoms with Gasteiger partial charge in [0.15, 0.2) is 17.3 Å². The van der Waals surface area contributed by atoms with E-state index >= 15 is 4.39 Å². The third kappa shape index (κ3) is 9.13. The second-order valence-corrected chi connectivity index (χ2v) is 14.7. The van der Waals surface area contributed by atoms with Crippen molar-refractivity contribution in [1.29, 1.82) is 0 Å². The molecule has 2 fully saturated rings. The van der Waals surface area contributed by atoms with E-state index in [-0.39, 0.29) is 45.8 Å². The number of aromatic nitrogens is 2. The number of carbonyl (C=O) groups is 2. The van der Waals surface area contributed by atoms with Gasteiger partial charge in [0.05, 0.1) is 11.1 Å². The maximum atomic E-state index is 15.6. The Balaban J connectivity index is 1.11. The van der Waals surface area contributed by atoms with E-state index in [0.717, 1.165) is 48.2 Å². The first-order valence-corrected chi connectivity index (χ1v) is 18.9. The maximum Gasteiger partial charge on any atom is 0.341 e. The molecule has 1 saturated carbocycles. The molecule has 2 aromatic heterocycles. The third-order valence-corrected chi connectivity index (χ3v) is 10.9. The average molecular weight is 710 g/mol. The van der Waals surface area contributed by atoms with Gasteiger partial charge in [0.25, 0.3) is 0 Å². The molecule has 2 N–H and O–H groups in total. The molecule has 3 unspecified atom stereocenters. The van der Waals surface area contributed by atoms with E-state index < -0.39 is 34.4 Å². The van der Waals surface area contributed by atoms with Crippen molar-refractivity contribution in [3.8, 4) is 5.69 Å². The number of carboxylic acids is 1. The summed E-state index contributed by atoms with van der Waals surface area (Å²) in [4.78, 5) is 43.8. The highest BCUT2D eigenvalue weighted by Crippen LogP contribution is 2.52. The molecular weight excluding hydrogens is 657 g/mol. The molecular formula is C40H52F3N4O4. The van der Waals surface area contributed by atoms with Gasteiger partial charge in [-0.2, -0.15) is 0 Å². The molecule has 1 radical (unpaired) electrons. The fraction of sp³-hybridized carbons (Fsp3) is 0.575. The van der Waals surface area contributed by atoms with Gasteiger partial charge in [0.1, 0.15) is 17.2 Å². The number of benzene rings is 1. The Labute approximate surface area is 298 Å². The molecule has 2 aliphatic rings. The number of fused-ring (bicyclic) bond motifs is 2. The largest absolute Gasteiger partial charge is 0.477 e. The second-order valence-electron chi connectivity index (χ2n) is 14.7. The van der Waals surface area contributed by atoms with E-state index in [1.807, 2.05) is 6.92 Å². The lowest BCUT2D eigenvalue weighted by molar-refractivity contribution is -0.123. The summed E-state index contributed by atoms with van der Waals surface area (Å²) in [6.07, 6.45) is 22.4. The lowest BCUT2D eigenvalue weighted by Gasteiger charge is -2.49. The topological polar surface area (TPSA) is 105 Å². The minimum Gasteiger partial charge on any atom is -0.477 e. The number of rotatable bonds is 20. The summed E-state index contributed by atoms with van der Waals surface area (Å²) in [6, 6.07) is 3.46. The zero-order valence-electron chi connectivity index (χ0n) is 30.0. The van der Waals surface area contributed by atoms with Crippen molar-refractivity contribution in [1.82, 2.24) is 14.9 Å². The predicted octanol–water partition coefficient (Wildman–Crippen LogP) is 8.91. The van der Waals surface area contributed by atoms with Crippen molar-refractivity contribution < 1.29 is 27.9 Å². The van der Waals surface area contributed by atoms with E-state index in [4.69, 9.17) is 0 Å². The fourth-order valence-corrected chi connectivity index (χ4v) is 7.71. The lowest BCUT2D eigenvalue weighted by Crippen LogP contribution is -2.60. The van der Waals surface area contributed by atoms with Gasteiger partial charge in [-0.05, 0) is 37.0 Å². The number of amides is 1. The van der Waals surface area contributed by atoms with Crippen LogP contribution in [0.1, 0.15) is 127 Å². The first kappa shape index (κ1) is 38.3. The number of aromatic carboxylic acids is 1. The first-order valence-electron chi connectivity index (χ1n) is 18.9. The van der Waals surface area contributed by atoms with Crippen LogP contribution in [0.15, 0.2) is 35.3 Å². The van der Waals surface area contributed by atoms with Crippen LogP contribution >= 0.6 is 0 Å². The predicted molar refractivity (Wildman–Crippen MR) is 194 cm³/mol. The Kier molecular flexibility index (Phi) is 13.2. The standard InChI is InChI=1S/C40H52F3N4O4/c1-3-4-5-6-7-8-9-10-11-12-13-14-15-16-17-18-35(48)44-34-21-27-24-46(26-40(27,34)2)38-32(43)23-29-36(49)30(39(50)51)25-47(37(29)45-38)33-20-19-28(41)22-31(33)42/h19-23,25,27,34H,3-18,24,26H2,1-2H3,(H,44,48)(H,50,51). The van der Waals surface area contributed by atoms with Crippen LogP contribution in [0.3, 0.4) is 0 Å². The molecule has 3 aromatic rings. The summed E-state index contributed by atoms with van der Waals surface area (Å²) in [5.41, 5.74) is -2.44. The molecule has 1 amide bonds. The summed E-state index contributed by atoms with van der Waals surface area (Å²) >= 11 is 0. The number of nitrogens with one attached hydrogen (secondary N) is 1. The van der Waals surface area contributed by atoms with E-state index in [1.165, 1.54) is 77.0 Å². The van der Waals surface area contributed by atoms with Gasteiger partial charge in [-0.3, -0.25) is 14.2 Å². The Hall–Kier alpha value is -3.89. The van der Waals surface area contributed by atoms with E-state index in [1.54, 1.807) is 4.90 Å². The molecule has 1 aliphatic heterocycles. The molecule has 1 saturated heterocycles. The van der Waals surface area contributed by atoms with Crippen LogP contribution in [-0.4, -0.2) is 45.7 Å². The van der Waals surface area contributed by atoms with Crippen LogP contribution in [0.2, 0.25) is 0 Å². The number of halogens is 3. The molecule has 8 nitrogen and oxygen atoms in total. The van der Waals surface area contributed by atoms with E-state index in [2.05, 4.69) is 23.6 Å². The number of pyridine rings is 2. The quantitative estimate of drug-likeness (QED) is 0.114. The van der Waals surface area contributed by atoms with Gasteiger partial charge >= 0.3 is 5.97 Å². The van der Waals surface area contributed by atoms with Gasteiger partial charge in [-0.1, -0.05) is 104 Å². The number of hydrogen-bond donors (Lipinski definition) is 2. The Morgan fingerprint density at radius 1 is 0.902 bits per heavy atom. The first-order chi connectivity index (χ1) is 24.5. The summed E-state index contributed by atoms with van der Waals surface area (Å²) in [6.45, 7) is 5.08. The van der Waals surface area contributed by atoms with Crippen molar-refractivity contribution >= 4 is 28.7 Å². The summed E-state index contributed by atoms with van der Waals surface area (Å²) < 4.78 is 45.3. The lowest BCUT2D eigenvalue weighted by atomic mass is 9.59. The molecule has 5 rings (SSSR count). The zero-order valence-corrected chi connectivity index (χ0v) is 30.0. The Morgan fingerprint density at radius 3 is 2.10 bits per heavy atom. The highest BCUT2D eigenvalue weighted by atomic mass is 19.1. The second kappa shape index (κ2) is 17.6. The van der Waals surface area contributed by atoms with Gasteiger partial charge in [0, 0.05) is 43.2 Å². The van der Waals surface area contributed by atoms with Gasteiger partial charge in [-0.25, -0.2) is 22.9 Å². The van der Waals surface area contributed by atoms with Crippen LogP contribution < -0.4 is 15.6 Å². The molecule has 51 heavy (non-hydrogen) atoms. The zero-order chi connectivity index (χ0) is 36.5. The highest BCUT2D eigenvalue weighted by molar-refractivity contribution is 5.92. The SMILES string of the molecule is CCCCCCCCCCCCCCCCCC(=O)NC1[CH]C2CN(c3nc4c(cc3F)c(=O)c(C(=O)O)cn4-c3ccc(F)cc3F)CC21C. The average Bonchev–Trinajstić information content (AvgIpc) is 3.35. The van der Waals surface area contributed by atoms with Crippen molar-refractivity contribution in [2.24, 2.45) is 11.3 Å². The third-order valence-electron chi connectivity index (χ3n) is 10.9. The number of nitrogens with zero attached hydrogens (tertiary/aromatic N) is 3. The van der Waals surface area contributed by atoms with Gasteiger partial charge in [-0.15, -0.1) is 0 Å². The maximum absolute atomic E-state index is 15.6. The van der Waals surface area contributed by atoms with Crippen LogP contribution in [0.25, 0.3) is 16.7 Å². The fourth-order valence-electron chi connectivity index (χ4n) is 7.71. The monoisotopic (exact) mass is 709 g/mol. The normalized spacial score (nSPS) is 19.7. The van der Waals surface area contributed by atoms with Crippen molar-refractivity contribution in [2.45, 2.75) is 123 Å². The minimum atomic E-state index is -1.57. The van der Waals surface area contributed by atoms with Crippen LogP contribution in [0, 0.1) is 35.2 Å². The molecule has 3 atom stereocenters. The Bertz CT molecular complexity index is 1750. The van der Waals surface area contributed by atoms with E-state index in [0.29, 0.717) is 25.6 Å². The summed E-state index contributed by atoms with van der Waals surface area (Å²) in [5.74, 6) is -4.27. The number of anilines is 1. The molecule has 0 spiro atoms. The van der Waals surface area contributed by atoms with Crippen LogP contribution in [-0.2, 0) is 4.79 Å². The molecule has 3 heterocycles. The van der Waals surface area contributed by atoms with Crippen molar-refractivity contribution in [3.05, 3.63) is 70.1 Å². The molecule has 1 aliphatic carbocycles. The summed E-state index contributed by atoms with van der Waals surface area (Å²) in [5, 5.41) is 12.4.